The van der Waals surface area contributed by atoms with Crippen LogP contribution in [-0.4, -0.2) is 0 Å². The number of halogens is 6. The van der Waals surface area contributed by atoms with Gasteiger partial charge >= 0.3 is 12.4 Å². The molecule has 0 bridgehead atoms. The maximum atomic E-state index is 12.2. The predicted molar refractivity (Wildman–Crippen MR) is 84.9 cm³/mol. The number of benzene rings is 1. The minimum atomic E-state index is -4.76. The van der Waals surface area contributed by atoms with Gasteiger partial charge in [-0.25, -0.2) is 0 Å². The highest BCUT2D eigenvalue weighted by Crippen LogP contribution is 2.36. The molecule has 0 N–H and O–H groups in total. The molecule has 1 rings (SSSR count). The second-order valence-electron chi connectivity index (χ2n) is 5.85. The van der Waals surface area contributed by atoms with E-state index < -0.39 is 23.5 Å². The molecule has 1 aromatic rings. The minimum absolute atomic E-state index is 0.0721. The number of aryl methyl sites for hydroxylation is 1. The SMILES string of the molecule is CCCCCCCCC.Cc1cc(C(F)(F)F)cc(C(F)(F)F)c1. The molecule has 0 saturated heterocycles. The molecular formula is C18H26F6. The Balaban J connectivity index is 0.000000506. The lowest BCUT2D eigenvalue weighted by Crippen LogP contribution is -2.11. The average Bonchev–Trinajstić information content (AvgIpc) is 2.45. The highest BCUT2D eigenvalue weighted by atomic mass is 19.4. The Morgan fingerprint density at radius 1 is 0.625 bits per heavy atom. The monoisotopic (exact) mass is 356 g/mol. The fourth-order valence-electron chi connectivity index (χ4n) is 2.14. The van der Waals surface area contributed by atoms with Crippen LogP contribution in [0.2, 0.25) is 0 Å². The first-order chi connectivity index (χ1) is 11.0. The molecule has 0 aliphatic carbocycles. The molecule has 24 heavy (non-hydrogen) atoms. The first kappa shape index (κ1) is 22.8. The average molecular weight is 356 g/mol. The summed E-state index contributed by atoms with van der Waals surface area (Å²) in [6.07, 6.45) is 0.457. The molecule has 1 aromatic carbocycles. The molecule has 0 atom stereocenters. The van der Waals surface area contributed by atoms with Crippen LogP contribution in [0, 0.1) is 6.92 Å². The molecule has 0 fully saturated rings. The maximum absolute atomic E-state index is 12.2. The third-order valence-corrected chi connectivity index (χ3v) is 3.44. The maximum Gasteiger partial charge on any atom is 0.416 e. The van der Waals surface area contributed by atoms with E-state index >= 15 is 0 Å². The van der Waals surface area contributed by atoms with E-state index in [1.54, 1.807) is 0 Å². The van der Waals surface area contributed by atoms with Gasteiger partial charge < -0.3 is 0 Å². The second-order valence-corrected chi connectivity index (χ2v) is 5.85. The van der Waals surface area contributed by atoms with E-state index in [4.69, 9.17) is 0 Å². The highest BCUT2D eigenvalue weighted by Gasteiger charge is 2.36. The summed E-state index contributed by atoms with van der Waals surface area (Å²) < 4.78 is 73.0. The Hall–Kier alpha value is -1.20. The summed E-state index contributed by atoms with van der Waals surface area (Å²) >= 11 is 0. The number of alkyl halides is 6. The third kappa shape index (κ3) is 9.83. The largest absolute Gasteiger partial charge is 0.416 e. The van der Waals surface area contributed by atoms with E-state index in [1.165, 1.54) is 51.9 Å². The zero-order valence-corrected chi connectivity index (χ0v) is 14.4. The Labute approximate surface area is 140 Å². The first-order valence-corrected chi connectivity index (χ1v) is 8.28. The van der Waals surface area contributed by atoms with Crippen molar-refractivity contribution in [3.8, 4) is 0 Å². The molecule has 140 valence electrons. The van der Waals surface area contributed by atoms with E-state index in [9.17, 15) is 26.3 Å². The van der Waals surface area contributed by atoms with E-state index in [0.29, 0.717) is 12.1 Å². The van der Waals surface area contributed by atoms with E-state index in [1.807, 2.05) is 0 Å². The number of hydrogen-bond donors (Lipinski definition) is 0. The summed E-state index contributed by atoms with van der Waals surface area (Å²) in [5.74, 6) is 0. The van der Waals surface area contributed by atoms with Crippen molar-refractivity contribution in [2.45, 2.75) is 78.1 Å². The summed E-state index contributed by atoms with van der Waals surface area (Å²) in [7, 11) is 0. The van der Waals surface area contributed by atoms with Crippen LogP contribution in [0.4, 0.5) is 26.3 Å². The molecule has 0 radical (unpaired) electrons. The molecule has 0 amide bonds. The van der Waals surface area contributed by atoms with Gasteiger partial charge in [0.05, 0.1) is 11.1 Å². The molecule has 6 heteroatoms. The van der Waals surface area contributed by atoms with Gasteiger partial charge in [0.1, 0.15) is 0 Å². The Bertz CT molecular complexity index is 421. The quantitative estimate of drug-likeness (QED) is 0.360. The molecule has 0 aliphatic rings. The van der Waals surface area contributed by atoms with Crippen LogP contribution in [0.25, 0.3) is 0 Å². The van der Waals surface area contributed by atoms with Gasteiger partial charge in [-0.1, -0.05) is 58.8 Å². The summed E-state index contributed by atoms with van der Waals surface area (Å²) in [5, 5.41) is 0. The summed E-state index contributed by atoms with van der Waals surface area (Å²) in [6, 6.07) is 1.46. The Morgan fingerprint density at radius 3 is 1.25 bits per heavy atom. The Morgan fingerprint density at radius 2 is 0.958 bits per heavy atom. The first-order valence-electron chi connectivity index (χ1n) is 8.28. The van der Waals surface area contributed by atoms with Crippen LogP contribution < -0.4 is 0 Å². The van der Waals surface area contributed by atoms with Gasteiger partial charge in [-0.15, -0.1) is 0 Å². The van der Waals surface area contributed by atoms with E-state index in [-0.39, 0.29) is 11.6 Å². The van der Waals surface area contributed by atoms with Crippen LogP contribution in [0.15, 0.2) is 18.2 Å². The van der Waals surface area contributed by atoms with Crippen LogP contribution in [0.1, 0.15) is 75.5 Å². The third-order valence-electron chi connectivity index (χ3n) is 3.44. The van der Waals surface area contributed by atoms with Crippen molar-refractivity contribution < 1.29 is 26.3 Å². The molecule has 0 unspecified atom stereocenters. The number of hydrogen-bond acceptors (Lipinski definition) is 0. The van der Waals surface area contributed by atoms with Crippen molar-refractivity contribution in [2.24, 2.45) is 0 Å². The highest BCUT2D eigenvalue weighted by molar-refractivity contribution is 5.32. The van der Waals surface area contributed by atoms with Crippen molar-refractivity contribution in [2.75, 3.05) is 0 Å². The van der Waals surface area contributed by atoms with Crippen molar-refractivity contribution in [1.82, 2.24) is 0 Å². The van der Waals surface area contributed by atoms with E-state index in [2.05, 4.69) is 13.8 Å². The van der Waals surface area contributed by atoms with Gasteiger partial charge in [0.15, 0.2) is 0 Å². The molecule has 0 heterocycles. The van der Waals surface area contributed by atoms with E-state index in [0.717, 1.165) is 0 Å². The van der Waals surface area contributed by atoms with Gasteiger partial charge in [-0.05, 0) is 30.7 Å². The molecular weight excluding hydrogens is 330 g/mol. The predicted octanol–water partition coefficient (Wildman–Crippen LogP) is 7.79. The van der Waals surface area contributed by atoms with Gasteiger partial charge in [0.2, 0.25) is 0 Å². The molecule has 0 saturated carbocycles. The molecule has 0 aromatic heterocycles. The van der Waals surface area contributed by atoms with Gasteiger partial charge in [0.25, 0.3) is 0 Å². The fraction of sp³-hybridized carbons (Fsp3) is 0.667. The second kappa shape index (κ2) is 10.6. The van der Waals surface area contributed by atoms with Gasteiger partial charge in [0, 0.05) is 0 Å². The van der Waals surface area contributed by atoms with Crippen LogP contribution in [-0.2, 0) is 12.4 Å². The lowest BCUT2D eigenvalue weighted by atomic mass is 10.1. The lowest BCUT2D eigenvalue weighted by Gasteiger charge is -2.12. The summed E-state index contributed by atoms with van der Waals surface area (Å²) in [6.45, 7) is 5.71. The van der Waals surface area contributed by atoms with Crippen LogP contribution in [0.5, 0.6) is 0 Å². The zero-order valence-electron chi connectivity index (χ0n) is 14.4. The molecule has 0 nitrogen and oxygen atoms in total. The molecule has 0 aliphatic heterocycles. The summed E-state index contributed by atoms with van der Waals surface area (Å²) in [4.78, 5) is 0. The fourth-order valence-corrected chi connectivity index (χ4v) is 2.14. The minimum Gasteiger partial charge on any atom is -0.166 e. The van der Waals surface area contributed by atoms with Crippen molar-refractivity contribution in [3.05, 3.63) is 34.9 Å². The molecule has 0 spiro atoms. The number of unbranched alkanes of at least 4 members (excludes halogenated alkanes) is 6. The van der Waals surface area contributed by atoms with Crippen molar-refractivity contribution >= 4 is 0 Å². The van der Waals surface area contributed by atoms with Gasteiger partial charge in [-0.2, -0.15) is 26.3 Å². The van der Waals surface area contributed by atoms with Crippen molar-refractivity contribution in [1.29, 1.82) is 0 Å². The zero-order chi connectivity index (χ0) is 18.8. The summed E-state index contributed by atoms with van der Waals surface area (Å²) in [5.41, 5.74) is -2.64. The van der Waals surface area contributed by atoms with Crippen LogP contribution in [0.3, 0.4) is 0 Å². The van der Waals surface area contributed by atoms with Crippen LogP contribution >= 0.6 is 0 Å². The Kier molecular flexibility index (Phi) is 10.1. The standard InChI is InChI=1S/C9H6F6.C9H20/c1-5-2-6(8(10,11)12)4-7(3-5)9(13,14)15;1-3-5-7-9-8-6-4-2/h2-4H,1H3;3-9H2,1-2H3. The lowest BCUT2D eigenvalue weighted by molar-refractivity contribution is -0.143. The topological polar surface area (TPSA) is 0 Å². The van der Waals surface area contributed by atoms with Gasteiger partial charge in [-0.3, -0.25) is 0 Å². The number of rotatable bonds is 6. The van der Waals surface area contributed by atoms with Crippen molar-refractivity contribution in [3.63, 3.8) is 0 Å². The normalized spacial score (nSPS) is 11.9. The smallest absolute Gasteiger partial charge is 0.166 e.